The van der Waals surface area contributed by atoms with Gasteiger partial charge in [0.25, 0.3) is 0 Å². The van der Waals surface area contributed by atoms with Gasteiger partial charge in [-0.15, -0.1) is 0 Å². The van der Waals surface area contributed by atoms with E-state index >= 15 is 0 Å². The van der Waals surface area contributed by atoms with Gasteiger partial charge in [0.2, 0.25) is 0 Å². The van der Waals surface area contributed by atoms with E-state index in [4.69, 9.17) is 4.74 Å². The summed E-state index contributed by atoms with van der Waals surface area (Å²) in [4.78, 5) is 2.62. The summed E-state index contributed by atoms with van der Waals surface area (Å²) in [5.74, 6) is 1.92. The lowest BCUT2D eigenvalue weighted by Crippen LogP contribution is -2.33. The Balaban J connectivity index is 1.97. The van der Waals surface area contributed by atoms with E-state index in [0.29, 0.717) is 6.04 Å². The summed E-state index contributed by atoms with van der Waals surface area (Å²) < 4.78 is 5.63. The molecule has 0 aromatic heterocycles. The molecule has 0 spiro atoms. The number of rotatable bonds is 5. The van der Waals surface area contributed by atoms with Crippen LogP contribution in [-0.2, 0) is 0 Å². The number of nitrogens with zero attached hydrogens (tertiary/aromatic N) is 1. The average molecular weight is 274 g/mol. The van der Waals surface area contributed by atoms with Gasteiger partial charge >= 0.3 is 0 Å². The number of benzene rings is 1. The summed E-state index contributed by atoms with van der Waals surface area (Å²) in [5.41, 5.74) is 2.70. The average Bonchev–Trinajstić information content (AvgIpc) is 3.09. The lowest BCUT2D eigenvalue weighted by molar-refractivity contribution is 0.402. The van der Waals surface area contributed by atoms with Gasteiger partial charge in [0, 0.05) is 29.9 Å². The largest absolute Gasteiger partial charge is 0.496 e. The number of piperidine rings is 1. The van der Waals surface area contributed by atoms with Gasteiger partial charge in [-0.05, 0) is 50.8 Å². The second kappa shape index (κ2) is 5.65. The lowest BCUT2D eigenvalue weighted by atomic mass is 10.0. The third kappa shape index (κ3) is 2.28. The highest BCUT2D eigenvalue weighted by atomic mass is 16.5. The summed E-state index contributed by atoms with van der Waals surface area (Å²) in [7, 11) is 1.78. The Morgan fingerprint density at radius 3 is 2.85 bits per heavy atom. The molecule has 20 heavy (non-hydrogen) atoms. The van der Waals surface area contributed by atoms with Crippen molar-refractivity contribution in [3.8, 4) is 5.75 Å². The van der Waals surface area contributed by atoms with Crippen molar-refractivity contribution < 1.29 is 4.74 Å². The molecule has 3 rings (SSSR count). The summed E-state index contributed by atoms with van der Waals surface area (Å²) in [6.07, 6.45) is 4.16. The fraction of sp³-hybridized carbons (Fsp3) is 0.647. The Bertz CT molecular complexity index is 474. The van der Waals surface area contributed by atoms with Crippen LogP contribution in [-0.4, -0.2) is 26.2 Å². The summed E-state index contributed by atoms with van der Waals surface area (Å²) >= 11 is 0. The zero-order chi connectivity index (χ0) is 14.1. The zero-order valence-electron chi connectivity index (χ0n) is 12.9. The number of anilines is 1. The highest BCUT2D eigenvalue weighted by molar-refractivity contribution is 5.62. The highest BCUT2D eigenvalue weighted by Crippen LogP contribution is 2.44. The van der Waals surface area contributed by atoms with Crippen LogP contribution < -0.4 is 15.0 Å². The highest BCUT2D eigenvalue weighted by Gasteiger charge is 2.39. The minimum atomic E-state index is 0.324. The van der Waals surface area contributed by atoms with Gasteiger partial charge in [0.15, 0.2) is 0 Å². The zero-order valence-corrected chi connectivity index (χ0v) is 12.9. The van der Waals surface area contributed by atoms with Crippen molar-refractivity contribution >= 4 is 5.69 Å². The van der Waals surface area contributed by atoms with Crippen LogP contribution in [0.2, 0.25) is 0 Å². The molecule has 1 saturated heterocycles. The molecular weight excluding hydrogens is 248 g/mol. The molecule has 2 bridgehead atoms. The molecule has 0 amide bonds. The van der Waals surface area contributed by atoms with Crippen molar-refractivity contribution in [1.82, 2.24) is 5.32 Å². The Morgan fingerprint density at radius 1 is 1.40 bits per heavy atom. The Hall–Kier alpha value is -1.22. The molecular formula is C17H26N2O. The Kier molecular flexibility index (Phi) is 3.88. The predicted molar refractivity (Wildman–Crippen MR) is 83.6 cm³/mol. The molecule has 2 fully saturated rings. The molecule has 0 radical (unpaired) electrons. The van der Waals surface area contributed by atoms with Crippen molar-refractivity contribution in [2.75, 3.05) is 25.1 Å². The Labute approximate surface area is 122 Å². The van der Waals surface area contributed by atoms with Gasteiger partial charge in [-0.25, -0.2) is 0 Å². The molecule has 1 N–H and O–H groups in total. The summed E-state index contributed by atoms with van der Waals surface area (Å²) in [6.45, 7) is 6.59. The molecule has 3 atom stereocenters. The molecule has 1 aromatic rings. The third-order valence-corrected chi connectivity index (χ3v) is 4.92. The second-order valence-electron chi connectivity index (χ2n) is 6.16. The van der Waals surface area contributed by atoms with Crippen LogP contribution in [0, 0.1) is 5.92 Å². The van der Waals surface area contributed by atoms with Gasteiger partial charge < -0.3 is 15.0 Å². The van der Waals surface area contributed by atoms with Gasteiger partial charge in [0.1, 0.15) is 5.75 Å². The molecule has 1 saturated carbocycles. The number of fused-ring (bicyclic) bond motifs is 2. The van der Waals surface area contributed by atoms with E-state index in [0.717, 1.165) is 24.3 Å². The topological polar surface area (TPSA) is 24.5 Å². The molecule has 1 heterocycles. The van der Waals surface area contributed by atoms with Crippen LogP contribution in [0.4, 0.5) is 5.69 Å². The van der Waals surface area contributed by atoms with E-state index in [2.05, 4.69) is 42.3 Å². The number of hydrogen-bond acceptors (Lipinski definition) is 3. The molecule has 3 heteroatoms. The van der Waals surface area contributed by atoms with E-state index in [9.17, 15) is 0 Å². The smallest absolute Gasteiger partial charge is 0.125 e. The van der Waals surface area contributed by atoms with Crippen molar-refractivity contribution in [2.24, 2.45) is 5.92 Å². The first kappa shape index (κ1) is 13.7. The van der Waals surface area contributed by atoms with Crippen molar-refractivity contribution in [3.05, 3.63) is 23.8 Å². The van der Waals surface area contributed by atoms with E-state index < -0.39 is 0 Å². The maximum atomic E-state index is 5.63. The van der Waals surface area contributed by atoms with Gasteiger partial charge in [0.05, 0.1) is 7.11 Å². The second-order valence-corrected chi connectivity index (χ2v) is 6.16. The number of methoxy groups -OCH3 is 1. The first-order valence-corrected chi connectivity index (χ1v) is 7.91. The molecule has 1 aliphatic carbocycles. The van der Waals surface area contributed by atoms with Crippen molar-refractivity contribution in [3.63, 3.8) is 0 Å². The maximum Gasteiger partial charge on any atom is 0.125 e. The van der Waals surface area contributed by atoms with Gasteiger partial charge in [-0.2, -0.15) is 0 Å². The monoisotopic (exact) mass is 274 g/mol. The van der Waals surface area contributed by atoms with Crippen LogP contribution in [0.15, 0.2) is 18.2 Å². The fourth-order valence-corrected chi connectivity index (χ4v) is 4.02. The van der Waals surface area contributed by atoms with Gasteiger partial charge in [-0.3, -0.25) is 0 Å². The molecule has 3 unspecified atom stereocenters. The molecule has 2 aliphatic rings. The minimum Gasteiger partial charge on any atom is -0.496 e. The van der Waals surface area contributed by atoms with Crippen LogP contribution in [0.1, 0.15) is 44.7 Å². The molecule has 1 aromatic carbocycles. The normalized spacial score (nSPS) is 26.1. The quantitative estimate of drug-likeness (QED) is 0.891. The summed E-state index contributed by atoms with van der Waals surface area (Å²) in [5, 5.41) is 3.54. The lowest BCUT2D eigenvalue weighted by Gasteiger charge is -2.33. The molecule has 1 aliphatic heterocycles. The number of hydrogen-bond donors (Lipinski definition) is 1. The van der Waals surface area contributed by atoms with E-state index in [1.54, 1.807) is 7.11 Å². The summed E-state index contributed by atoms with van der Waals surface area (Å²) in [6, 6.07) is 7.56. The fourth-order valence-electron chi connectivity index (χ4n) is 4.02. The van der Waals surface area contributed by atoms with Crippen LogP contribution in [0.5, 0.6) is 5.75 Å². The van der Waals surface area contributed by atoms with Crippen LogP contribution in [0.25, 0.3) is 0 Å². The minimum absolute atomic E-state index is 0.324. The van der Waals surface area contributed by atoms with E-state index in [-0.39, 0.29) is 0 Å². The number of ether oxygens (including phenoxy) is 1. The maximum absolute atomic E-state index is 5.63. The molecule has 3 nitrogen and oxygen atoms in total. The standard InChI is InChI=1S/C17H26N2O/c1-4-18-12(2)17-15(6-5-7-16(17)20-3)19-11-13-8-9-14(19)10-13/h5-7,12-14,18H,4,8-11H2,1-3H3. The van der Waals surface area contributed by atoms with Crippen LogP contribution >= 0.6 is 0 Å². The first-order valence-electron chi connectivity index (χ1n) is 7.91. The van der Waals surface area contributed by atoms with E-state index in [1.165, 1.54) is 37.1 Å². The SMILES string of the molecule is CCNC(C)c1c(OC)cccc1N1CC2CCC1C2. The first-order chi connectivity index (χ1) is 9.74. The van der Waals surface area contributed by atoms with E-state index in [1.807, 2.05) is 0 Å². The Morgan fingerprint density at radius 2 is 2.25 bits per heavy atom. The molecule has 110 valence electrons. The predicted octanol–water partition coefficient (Wildman–Crippen LogP) is 3.35. The van der Waals surface area contributed by atoms with Gasteiger partial charge in [-0.1, -0.05) is 13.0 Å². The number of nitrogens with one attached hydrogen (secondary N) is 1. The van der Waals surface area contributed by atoms with Crippen molar-refractivity contribution in [2.45, 2.75) is 45.2 Å². The third-order valence-electron chi connectivity index (χ3n) is 4.92. The van der Waals surface area contributed by atoms with Crippen molar-refractivity contribution in [1.29, 1.82) is 0 Å². The van der Waals surface area contributed by atoms with Crippen LogP contribution in [0.3, 0.4) is 0 Å².